The SMILES string of the molecule is CCCCCCCC1CNc2ccc(C(F)(F)F)cc21. The van der Waals surface area contributed by atoms with Gasteiger partial charge in [0.05, 0.1) is 5.56 Å². The van der Waals surface area contributed by atoms with E-state index in [0.717, 1.165) is 36.7 Å². The molecule has 112 valence electrons. The molecule has 1 atom stereocenters. The van der Waals surface area contributed by atoms with Crippen molar-refractivity contribution in [3.63, 3.8) is 0 Å². The van der Waals surface area contributed by atoms with Crippen LogP contribution in [0.1, 0.15) is 62.5 Å². The van der Waals surface area contributed by atoms with Crippen LogP contribution in [0.4, 0.5) is 18.9 Å². The lowest BCUT2D eigenvalue weighted by molar-refractivity contribution is -0.137. The summed E-state index contributed by atoms with van der Waals surface area (Å²) in [6.07, 6.45) is 2.70. The van der Waals surface area contributed by atoms with Crippen LogP contribution < -0.4 is 5.32 Å². The molecule has 1 heterocycles. The van der Waals surface area contributed by atoms with E-state index in [-0.39, 0.29) is 5.92 Å². The van der Waals surface area contributed by atoms with E-state index in [0.29, 0.717) is 0 Å². The van der Waals surface area contributed by atoms with Crippen LogP contribution in [0.5, 0.6) is 0 Å². The lowest BCUT2D eigenvalue weighted by atomic mass is 9.93. The summed E-state index contributed by atoms with van der Waals surface area (Å²) < 4.78 is 38.3. The van der Waals surface area contributed by atoms with Crippen molar-refractivity contribution in [2.75, 3.05) is 11.9 Å². The zero-order valence-electron chi connectivity index (χ0n) is 11.9. The predicted octanol–water partition coefficient (Wildman–Crippen LogP) is 5.58. The molecule has 1 N–H and O–H groups in total. The number of nitrogens with one attached hydrogen (secondary N) is 1. The molecular weight excluding hydrogens is 263 g/mol. The summed E-state index contributed by atoms with van der Waals surface area (Å²) in [5.41, 5.74) is 1.18. The van der Waals surface area contributed by atoms with Gasteiger partial charge in [0.15, 0.2) is 0 Å². The number of anilines is 1. The minimum Gasteiger partial charge on any atom is -0.384 e. The van der Waals surface area contributed by atoms with E-state index in [9.17, 15) is 13.2 Å². The van der Waals surface area contributed by atoms with Crippen molar-refractivity contribution < 1.29 is 13.2 Å². The molecule has 2 rings (SSSR count). The first-order valence-electron chi connectivity index (χ1n) is 7.47. The maximum absolute atomic E-state index is 12.8. The number of benzene rings is 1. The van der Waals surface area contributed by atoms with Crippen LogP contribution in [0.25, 0.3) is 0 Å². The molecule has 0 aromatic heterocycles. The highest BCUT2D eigenvalue weighted by Crippen LogP contribution is 2.39. The lowest BCUT2D eigenvalue weighted by Crippen LogP contribution is -2.06. The van der Waals surface area contributed by atoms with Gasteiger partial charge in [0.25, 0.3) is 0 Å². The first-order valence-corrected chi connectivity index (χ1v) is 7.47. The Morgan fingerprint density at radius 3 is 2.60 bits per heavy atom. The van der Waals surface area contributed by atoms with E-state index in [2.05, 4.69) is 12.2 Å². The van der Waals surface area contributed by atoms with Crippen LogP contribution in [-0.2, 0) is 6.18 Å². The molecule has 1 unspecified atom stereocenters. The molecule has 1 aliphatic rings. The predicted molar refractivity (Wildman–Crippen MR) is 76.1 cm³/mol. The molecule has 0 radical (unpaired) electrons. The second-order valence-corrected chi connectivity index (χ2v) is 5.58. The first-order chi connectivity index (χ1) is 9.52. The van der Waals surface area contributed by atoms with Crippen LogP contribution >= 0.6 is 0 Å². The van der Waals surface area contributed by atoms with Crippen LogP contribution in [-0.4, -0.2) is 6.54 Å². The van der Waals surface area contributed by atoms with Gasteiger partial charge in [-0.25, -0.2) is 0 Å². The Bertz CT molecular complexity index is 440. The molecule has 1 aromatic rings. The molecule has 0 saturated heterocycles. The Morgan fingerprint density at radius 1 is 1.15 bits per heavy atom. The molecule has 0 amide bonds. The number of hydrogen-bond donors (Lipinski definition) is 1. The Morgan fingerprint density at radius 2 is 1.90 bits per heavy atom. The van der Waals surface area contributed by atoms with Gasteiger partial charge < -0.3 is 5.32 Å². The molecule has 1 aromatic carbocycles. The van der Waals surface area contributed by atoms with Crippen molar-refractivity contribution in [2.24, 2.45) is 0 Å². The largest absolute Gasteiger partial charge is 0.416 e. The van der Waals surface area contributed by atoms with Crippen molar-refractivity contribution in [1.82, 2.24) is 0 Å². The third kappa shape index (κ3) is 3.68. The topological polar surface area (TPSA) is 12.0 Å². The van der Waals surface area contributed by atoms with E-state index < -0.39 is 11.7 Å². The van der Waals surface area contributed by atoms with Crippen molar-refractivity contribution >= 4 is 5.69 Å². The highest BCUT2D eigenvalue weighted by molar-refractivity contribution is 5.59. The smallest absolute Gasteiger partial charge is 0.384 e. The summed E-state index contributed by atoms with van der Waals surface area (Å²) >= 11 is 0. The van der Waals surface area contributed by atoms with Crippen LogP contribution in [0.15, 0.2) is 18.2 Å². The van der Waals surface area contributed by atoms with Crippen molar-refractivity contribution in [2.45, 2.75) is 57.5 Å². The number of hydrogen-bond acceptors (Lipinski definition) is 1. The molecule has 0 fully saturated rings. The van der Waals surface area contributed by atoms with Crippen molar-refractivity contribution in [3.8, 4) is 0 Å². The van der Waals surface area contributed by atoms with E-state index >= 15 is 0 Å². The summed E-state index contributed by atoms with van der Waals surface area (Å²) in [7, 11) is 0. The highest BCUT2D eigenvalue weighted by atomic mass is 19.4. The second-order valence-electron chi connectivity index (χ2n) is 5.58. The quantitative estimate of drug-likeness (QED) is 0.673. The number of halogens is 3. The molecule has 0 bridgehead atoms. The molecule has 0 saturated carbocycles. The monoisotopic (exact) mass is 285 g/mol. The number of rotatable bonds is 6. The fourth-order valence-electron chi connectivity index (χ4n) is 2.83. The lowest BCUT2D eigenvalue weighted by Gasteiger charge is -2.12. The van der Waals surface area contributed by atoms with Crippen LogP contribution in [0.2, 0.25) is 0 Å². The normalized spacial score (nSPS) is 17.9. The average molecular weight is 285 g/mol. The Labute approximate surface area is 118 Å². The van der Waals surface area contributed by atoms with Crippen LogP contribution in [0.3, 0.4) is 0 Å². The van der Waals surface area contributed by atoms with Gasteiger partial charge in [-0.05, 0) is 30.2 Å². The Balaban J connectivity index is 1.96. The average Bonchev–Trinajstić information content (AvgIpc) is 2.80. The zero-order valence-corrected chi connectivity index (χ0v) is 11.9. The minimum atomic E-state index is -4.25. The molecule has 0 aliphatic carbocycles. The third-order valence-electron chi connectivity index (χ3n) is 4.01. The van der Waals surface area contributed by atoms with Gasteiger partial charge in [-0.15, -0.1) is 0 Å². The van der Waals surface area contributed by atoms with E-state index in [4.69, 9.17) is 0 Å². The maximum atomic E-state index is 12.8. The fraction of sp³-hybridized carbons (Fsp3) is 0.625. The first kappa shape index (κ1) is 15.2. The number of unbranched alkanes of at least 4 members (excludes halogenated alkanes) is 4. The molecule has 0 spiro atoms. The molecular formula is C16H22F3N. The fourth-order valence-corrected chi connectivity index (χ4v) is 2.83. The summed E-state index contributed by atoms with van der Waals surface area (Å²) in [5.74, 6) is 0.230. The summed E-state index contributed by atoms with van der Waals surface area (Å²) in [4.78, 5) is 0. The zero-order chi connectivity index (χ0) is 14.6. The van der Waals surface area contributed by atoms with E-state index in [1.54, 1.807) is 6.07 Å². The van der Waals surface area contributed by atoms with Gasteiger partial charge in [-0.2, -0.15) is 13.2 Å². The summed E-state index contributed by atoms with van der Waals surface area (Å²) in [6.45, 7) is 2.94. The third-order valence-corrected chi connectivity index (χ3v) is 4.01. The summed E-state index contributed by atoms with van der Waals surface area (Å²) in [5, 5.41) is 3.21. The molecule has 1 aliphatic heterocycles. The Kier molecular flexibility index (Phi) is 4.95. The molecule has 20 heavy (non-hydrogen) atoms. The molecule has 4 heteroatoms. The standard InChI is InChI=1S/C16H22F3N/c1-2-3-4-5-6-7-12-11-20-15-9-8-13(10-14(12)15)16(17,18)19/h8-10,12,20H,2-7,11H2,1H3. The van der Waals surface area contributed by atoms with Gasteiger partial charge in [0.2, 0.25) is 0 Å². The minimum absolute atomic E-state index is 0.230. The van der Waals surface area contributed by atoms with Crippen molar-refractivity contribution in [3.05, 3.63) is 29.3 Å². The van der Waals surface area contributed by atoms with Crippen LogP contribution in [0, 0.1) is 0 Å². The van der Waals surface area contributed by atoms with Crippen molar-refractivity contribution in [1.29, 1.82) is 0 Å². The van der Waals surface area contributed by atoms with Gasteiger partial charge in [-0.3, -0.25) is 0 Å². The maximum Gasteiger partial charge on any atom is 0.416 e. The molecule has 1 nitrogen and oxygen atoms in total. The second kappa shape index (κ2) is 6.51. The van der Waals surface area contributed by atoms with Gasteiger partial charge in [-0.1, -0.05) is 39.0 Å². The highest BCUT2D eigenvalue weighted by Gasteiger charge is 2.33. The Hall–Kier alpha value is -1.19. The summed E-state index contributed by atoms with van der Waals surface area (Å²) in [6, 6.07) is 4.05. The number of fused-ring (bicyclic) bond motifs is 1. The van der Waals surface area contributed by atoms with Gasteiger partial charge >= 0.3 is 6.18 Å². The van der Waals surface area contributed by atoms with E-state index in [1.165, 1.54) is 31.7 Å². The van der Waals surface area contributed by atoms with Gasteiger partial charge in [0, 0.05) is 18.2 Å². The van der Waals surface area contributed by atoms with Gasteiger partial charge in [0.1, 0.15) is 0 Å². The van der Waals surface area contributed by atoms with E-state index in [1.807, 2.05) is 0 Å². The number of alkyl halides is 3.